The van der Waals surface area contributed by atoms with E-state index < -0.39 is 0 Å². The number of thiophene rings is 1. The Balaban J connectivity index is 0.000000111. The molecule has 0 radical (unpaired) electrons. The molecule has 6 N–H and O–H groups in total. The molecule has 7 aromatic carbocycles. The Kier molecular flexibility index (Phi) is 23.0. The topological polar surface area (TPSA) is 138 Å². The van der Waals surface area contributed by atoms with Crippen LogP contribution in [0.25, 0.3) is 97.2 Å². The monoisotopic (exact) mass is 1610 g/mol. The van der Waals surface area contributed by atoms with E-state index in [0.29, 0.717) is 81.3 Å². The first-order valence-corrected chi connectivity index (χ1v) is 46.2. The molecule has 11 heteroatoms. The molecule has 118 heavy (non-hydrogen) atoms. The molecule has 616 valence electrons. The average molecular weight is 1610 g/mol. The molecule has 5 aliphatic carbocycles. The molecule has 2 spiro atoms. The summed E-state index contributed by atoms with van der Waals surface area (Å²) < 4.78 is 2.75. The van der Waals surface area contributed by atoms with Crippen LogP contribution in [0.2, 0.25) is 0 Å². The summed E-state index contributed by atoms with van der Waals surface area (Å²) in [4.78, 5) is 44.4. The second-order valence-electron chi connectivity index (χ2n) is 39.3. The summed E-state index contributed by atoms with van der Waals surface area (Å²) in [5, 5.41) is 8.07. The number of benzene rings is 7. The van der Waals surface area contributed by atoms with Crippen LogP contribution >= 0.6 is 22.7 Å². The Morgan fingerprint density at radius 1 is 0.322 bits per heavy atom. The van der Waals surface area contributed by atoms with E-state index in [4.69, 9.17) is 4.98 Å². The molecule has 0 atom stereocenters. The minimum Gasteiger partial charge on any atom is -0.361 e. The summed E-state index contributed by atoms with van der Waals surface area (Å²) in [6, 6.07) is 54.4. The maximum Gasteiger partial charge on any atom is 0.259 e. The summed E-state index contributed by atoms with van der Waals surface area (Å²) in [6.45, 7) is 58.2. The average Bonchev–Trinajstić information content (AvgIpc) is 1.53. The van der Waals surface area contributed by atoms with Gasteiger partial charge in [0.05, 0.1) is 26.1 Å². The highest BCUT2D eigenvalue weighted by molar-refractivity contribution is 7.20. The number of rotatable bonds is 12. The smallest absolute Gasteiger partial charge is 0.259 e. The van der Waals surface area contributed by atoms with Gasteiger partial charge in [-0.1, -0.05) is 271 Å². The Hall–Kier alpha value is -9.29. The van der Waals surface area contributed by atoms with Crippen LogP contribution in [0.3, 0.4) is 0 Å². The fourth-order valence-corrected chi connectivity index (χ4v) is 20.5. The van der Waals surface area contributed by atoms with E-state index in [2.05, 4.69) is 335 Å². The zero-order valence-electron chi connectivity index (χ0n) is 75.4. The zero-order chi connectivity index (χ0) is 84.4. The van der Waals surface area contributed by atoms with Crippen LogP contribution in [-0.4, -0.2) is 39.9 Å². The molecule has 0 unspecified atom stereocenters. The summed E-state index contributed by atoms with van der Waals surface area (Å²) in [6.07, 6.45) is 6.61. The van der Waals surface area contributed by atoms with Gasteiger partial charge in [-0.2, -0.15) is 0 Å². The first-order chi connectivity index (χ1) is 56.0. The predicted molar refractivity (Wildman–Crippen MR) is 510 cm³/mol. The number of fused-ring (bicyclic) bond motifs is 22. The summed E-state index contributed by atoms with van der Waals surface area (Å²) in [5.74, 6) is 7.14. The van der Waals surface area contributed by atoms with Crippen molar-refractivity contribution < 1.29 is 0 Å². The first kappa shape index (κ1) is 83.8. The van der Waals surface area contributed by atoms with Crippen molar-refractivity contribution in [2.24, 2.45) is 0 Å². The van der Waals surface area contributed by atoms with Crippen LogP contribution in [-0.2, 0) is 16.2 Å². The molecule has 15 aromatic rings. The number of aromatic amines is 6. The molecule has 0 saturated heterocycles. The van der Waals surface area contributed by atoms with Gasteiger partial charge in [0.1, 0.15) is 5.82 Å². The van der Waals surface area contributed by atoms with Gasteiger partial charge in [0.15, 0.2) is 0 Å². The van der Waals surface area contributed by atoms with Crippen molar-refractivity contribution in [1.82, 2.24) is 39.9 Å². The highest BCUT2D eigenvalue weighted by Crippen LogP contribution is 2.64. The van der Waals surface area contributed by atoms with Crippen LogP contribution in [0.4, 0.5) is 0 Å². The first-order valence-electron chi connectivity index (χ1n) is 44.5. The van der Waals surface area contributed by atoms with Crippen LogP contribution < -0.4 is 5.56 Å². The van der Waals surface area contributed by atoms with Crippen molar-refractivity contribution in [3.05, 3.63) is 256 Å². The lowest BCUT2D eigenvalue weighted by molar-refractivity contribution is 0.301. The van der Waals surface area contributed by atoms with E-state index in [1.54, 1.807) is 11.1 Å². The highest BCUT2D eigenvalue weighted by atomic mass is 32.1. The molecule has 0 aliphatic heterocycles. The lowest BCUT2D eigenvalue weighted by Gasteiger charge is -2.40. The fraction of sp³-hybridized carbons (Fsp3) is 0.430. The van der Waals surface area contributed by atoms with E-state index >= 15 is 0 Å². The van der Waals surface area contributed by atoms with Gasteiger partial charge in [0.2, 0.25) is 0 Å². The van der Waals surface area contributed by atoms with Gasteiger partial charge < -0.3 is 29.9 Å². The number of nitrogens with one attached hydrogen (secondary N) is 6. The Bertz CT molecular complexity index is 5930. The van der Waals surface area contributed by atoms with Crippen molar-refractivity contribution in [1.29, 1.82) is 0 Å². The molecule has 9 nitrogen and oxygen atoms in total. The second-order valence-corrected chi connectivity index (χ2v) is 41.4. The van der Waals surface area contributed by atoms with Crippen LogP contribution in [0, 0.1) is 0 Å². The van der Waals surface area contributed by atoms with Crippen LogP contribution in [0.1, 0.15) is 383 Å². The Morgan fingerprint density at radius 3 is 1.20 bits per heavy atom. The van der Waals surface area contributed by atoms with Gasteiger partial charge in [-0.15, -0.1) is 22.7 Å². The van der Waals surface area contributed by atoms with Gasteiger partial charge in [-0.05, 0) is 217 Å². The molecule has 2 saturated carbocycles. The van der Waals surface area contributed by atoms with Crippen LogP contribution in [0.5, 0.6) is 0 Å². The molecule has 8 heterocycles. The summed E-state index contributed by atoms with van der Waals surface area (Å²) in [7, 11) is 0. The number of hydrogen-bond donors (Lipinski definition) is 6. The molecule has 0 bridgehead atoms. The largest absolute Gasteiger partial charge is 0.361 e. The van der Waals surface area contributed by atoms with Gasteiger partial charge in [0, 0.05) is 122 Å². The van der Waals surface area contributed by atoms with Gasteiger partial charge in [0.25, 0.3) is 5.56 Å². The fourth-order valence-electron chi connectivity index (χ4n) is 18.3. The standard InChI is InChI=1S/C20H25N.C19H23N.C19H25N.C18H20N2O.C16H19NS.C15H18N2S/c1-12(2)14-6-7-15-16-11-18(13(3)4)21-19(16)20(8-5-9-20)17(15)10-14;1-11(2)13-5-6-14-15-10-17(12(3)4)20-18(15)19(7-8-19)16(14)9-13;1-11(2)13-7-8-14-15-10-17(12(3)4)20-18(15)19(5,6)16(14)9-13;1-10(2)12-5-7-14-13(9-12)6-8-15-16(14)18(21)20-17(19-15)11(3)4;1-9(2)14-8-12-13(17-14)6-5-11-7-15(10(3)4)18-16(11)12;1-8(2)13-7-10-11(16-13)5-6-12-14(10)18-15(17-12)9(3)4/h6-7,10-13,21H,5,8-9H2,1-4H3;5-6,9-12,20H,7-8H2,1-4H3;7-12,20H,1-6H3;5-11H,1-4H3,(H,19,20,21);5-10,17H,1-4H3;5-9,16H,1-4H3. The molecule has 2 fully saturated rings. The lowest BCUT2D eigenvalue weighted by Crippen LogP contribution is -2.34. The maximum absolute atomic E-state index is 12.4. The summed E-state index contributed by atoms with van der Waals surface area (Å²) >= 11 is 3.77. The quantitative estimate of drug-likeness (QED) is 0.0680. The third-order valence-electron chi connectivity index (χ3n) is 26.4. The highest BCUT2D eigenvalue weighted by Gasteiger charge is 2.54. The van der Waals surface area contributed by atoms with E-state index in [1.165, 1.54) is 185 Å². The third kappa shape index (κ3) is 15.4. The van der Waals surface area contributed by atoms with Crippen molar-refractivity contribution in [3.8, 4) is 33.4 Å². The second kappa shape index (κ2) is 32.4. The number of thiazole rings is 1. The van der Waals surface area contributed by atoms with E-state index in [-0.39, 0.29) is 16.9 Å². The Labute approximate surface area is 710 Å². The molecule has 0 amide bonds. The maximum atomic E-state index is 12.4. The molecule has 20 rings (SSSR count). The lowest BCUT2D eigenvalue weighted by atomic mass is 9.64. The Morgan fingerprint density at radius 2 is 0.746 bits per heavy atom. The van der Waals surface area contributed by atoms with E-state index in [9.17, 15) is 4.79 Å². The zero-order valence-corrected chi connectivity index (χ0v) is 77.1. The van der Waals surface area contributed by atoms with E-state index in [0.717, 1.165) is 27.6 Å². The van der Waals surface area contributed by atoms with E-state index in [1.807, 2.05) is 48.7 Å². The normalized spacial score (nSPS) is 14.8. The number of hydrogen-bond acceptors (Lipinski definition) is 5. The van der Waals surface area contributed by atoms with Crippen molar-refractivity contribution in [2.75, 3.05) is 0 Å². The van der Waals surface area contributed by atoms with Crippen LogP contribution in [0.15, 0.2) is 150 Å². The van der Waals surface area contributed by atoms with Gasteiger partial charge in [-0.25, -0.2) is 9.97 Å². The molecule has 8 aromatic heterocycles. The molecule has 5 aliphatic rings. The number of nitrogens with zero attached hydrogens (tertiary/aromatic N) is 2. The third-order valence-corrected chi connectivity index (χ3v) is 29.3. The predicted octanol–water partition coefficient (Wildman–Crippen LogP) is 31.6. The minimum atomic E-state index is -0.0494. The summed E-state index contributed by atoms with van der Waals surface area (Å²) in [5.41, 5.74) is 35.3. The van der Waals surface area contributed by atoms with Crippen molar-refractivity contribution >= 4 is 86.5 Å². The number of aromatic nitrogens is 8. The van der Waals surface area contributed by atoms with Crippen molar-refractivity contribution in [3.63, 3.8) is 0 Å². The van der Waals surface area contributed by atoms with Crippen molar-refractivity contribution in [2.45, 2.75) is 299 Å². The molecular formula is C107H130N8OS2. The van der Waals surface area contributed by atoms with Gasteiger partial charge in [-0.3, -0.25) is 4.79 Å². The van der Waals surface area contributed by atoms with Gasteiger partial charge >= 0.3 is 0 Å². The SMILES string of the molecule is CC(C)c1cc2c(ccc3cc(C(C)C)sc32)[nH]1.CC(C)c1cc2c(ccc3nc(C(C)C)sc32)[nH]1.CC(C)c1ccc2c(c1)C(C)(C)c1[nH]c(C(C)C)cc1-2.CC(C)c1ccc2c(c1)C1(CC1)c1[nH]c(C(C)C)cc1-2.CC(C)c1ccc2c(c1)C1(CCC1)c1[nH]c(C(C)C)cc1-2.CC(C)c1ccc2c(ccc3nc(C(C)C)[nH]c(=O)c32)c1. The molecular weight excluding hydrogens is 1480 g/mol. The number of H-pyrrole nitrogens is 6. The minimum absolute atomic E-state index is 0.0494.